The van der Waals surface area contributed by atoms with E-state index in [1.54, 1.807) is 44.2 Å². The highest BCUT2D eigenvalue weighted by Gasteiger charge is 2.35. The third kappa shape index (κ3) is 2.62. The molecule has 0 fully saturated rings. The van der Waals surface area contributed by atoms with Crippen LogP contribution in [0.25, 0.3) is 0 Å². The predicted molar refractivity (Wildman–Crippen MR) is 72.6 cm³/mol. The predicted octanol–water partition coefficient (Wildman–Crippen LogP) is 2.50. The Kier molecular flexibility index (Phi) is 3.34. The normalized spacial score (nSPS) is 21.8. The van der Waals surface area contributed by atoms with Gasteiger partial charge in [0, 0.05) is 5.56 Å². The summed E-state index contributed by atoms with van der Waals surface area (Å²) in [6, 6.07) is 8.86. The zero-order chi connectivity index (χ0) is 14.0. The van der Waals surface area contributed by atoms with Gasteiger partial charge in [0.2, 0.25) is 5.78 Å². The SMILES string of the molecule is CC1=CC(C(=O)c2ccccc2)=NC1(C)CC(=O)O. The van der Waals surface area contributed by atoms with E-state index in [0.29, 0.717) is 11.3 Å². The number of ketones is 1. The van der Waals surface area contributed by atoms with Gasteiger partial charge in [0.1, 0.15) is 5.71 Å². The van der Waals surface area contributed by atoms with E-state index in [2.05, 4.69) is 4.99 Å². The van der Waals surface area contributed by atoms with Crippen LogP contribution in [0.2, 0.25) is 0 Å². The van der Waals surface area contributed by atoms with Gasteiger partial charge in [0.05, 0.1) is 12.0 Å². The van der Waals surface area contributed by atoms with Crippen LogP contribution in [0.3, 0.4) is 0 Å². The van der Waals surface area contributed by atoms with Crippen LogP contribution in [0.4, 0.5) is 0 Å². The lowest BCUT2D eigenvalue weighted by molar-refractivity contribution is -0.137. The Balaban J connectivity index is 2.31. The van der Waals surface area contributed by atoms with Gasteiger partial charge in [-0.2, -0.15) is 0 Å². The molecule has 4 nitrogen and oxygen atoms in total. The van der Waals surface area contributed by atoms with E-state index >= 15 is 0 Å². The van der Waals surface area contributed by atoms with Crippen molar-refractivity contribution in [2.75, 3.05) is 0 Å². The minimum atomic E-state index is -0.924. The first-order valence-corrected chi connectivity index (χ1v) is 6.02. The fourth-order valence-corrected chi connectivity index (χ4v) is 2.07. The first-order chi connectivity index (χ1) is 8.92. The van der Waals surface area contributed by atoms with E-state index < -0.39 is 11.5 Å². The molecule has 98 valence electrons. The van der Waals surface area contributed by atoms with Gasteiger partial charge in [-0.3, -0.25) is 14.6 Å². The van der Waals surface area contributed by atoms with Crippen molar-refractivity contribution in [1.29, 1.82) is 0 Å². The molecule has 1 heterocycles. The topological polar surface area (TPSA) is 66.7 Å². The number of hydrogen-bond acceptors (Lipinski definition) is 3. The number of aliphatic imine (C=N–C) groups is 1. The first-order valence-electron chi connectivity index (χ1n) is 6.02. The molecule has 1 aliphatic rings. The molecule has 0 amide bonds. The highest BCUT2D eigenvalue weighted by molar-refractivity contribution is 6.50. The lowest BCUT2D eigenvalue weighted by atomic mass is 9.92. The molecule has 0 radical (unpaired) electrons. The summed E-state index contributed by atoms with van der Waals surface area (Å²) in [5.74, 6) is -1.10. The van der Waals surface area contributed by atoms with Crippen molar-refractivity contribution in [2.24, 2.45) is 4.99 Å². The standard InChI is InChI=1S/C15H15NO3/c1-10-8-12(16-15(10,2)9-13(17)18)14(19)11-6-4-3-5-7-11/h3-8H,9H2,1-2H3,(H,17,18). The minimum Gasteiger partial charge on any atom is -0.481 e. The molecule has 1 aromatic carbocycles. The fraction of sp³-hybridized carbons (Fsp3) is 0.267. The third-order valence-electron chi connectivity index (χ3n) is 3.33. The summed E-state index contributed by atoms with van der Waals surface area (Å²) in [4.78, 5) is 27.4. The highest BCUT2D eigenvalue weighted by atomic mass is 16.4. The number of aliphatic carboxylic acids is 1. The molecule has 19 heavy (non-hydrogen) atoms. The second-order valence-electron chi connectivity index (χ2n) is 4.86. The molecular formula is C15H15NO3. The smallest absolute Gasteiger partial charge is 0.306 e. The average molecular weight is 257 g/mol. The maximum absolute atomic E-state index is 12.2. The van der Waals surface area contributed by atoms with Gasteiger partial charge >= 0.3 is 5.97 Å². The summed E-state index contributed by atoms with van der Waals surface area (Å²) in [6.45, 7) is 3.54. The first kappa shape index (κ1) is 13.2. The molecule has 0 saturated heterocycles. The summed E-state index contributed by atoms with van der Waals surface area (Å²) in [6.07, 6.45) is 1.57. The zero-order valence-corrected chi connectivity index (χ0v) is 10.9. The van der Waals surface area contributed by atoms with Crippen LogP contribution in [0.15, 0.2) is 47.0 Å². The van der Waals surface area contributed by atoms with Crippen molar-refractivity contribution in [1.82, 2.24) is 0 Å². The van der Waals surface area contributed by atoms with E-state index in [-0.39, 0.29) is 12.2 Å². The summed E-state index contributed by atoms with van der Waals surface area (Å²) in [7, 11) is 0. The monoisotopic (exact) mass is 257 g/mol. The molecule has 1 aromatic rings. The molecule has 4 heteroatoms. The van der Waals surface area contributed by atoms with Gasteiger partial charge < -0.3 is 5.11 Å². The van der Waals surface area contributed by atoms with Crippen LogP contribution in [0, 0.1) is 0 Å². The van der Waals surface area contributed by atoms with Crippen LogP contribution in [-0.2, 0) is 4.79 Å². The lowest BCUT2D eigenvalue weighted by Gasteiger charge is -2.20. The number of carbonyl (C=O) groups is 2. The van der Waals surface area contributed by atoms with Crippen LogP contribution < -0.4 is 0 Å². The molecule has 1 atom stereocenters. The Morgan fingerprint density at radius 2 is 1.89 bits per heavy atom. The maximum atomic E-state index is 12.2. The van der Waals surface area contributed by atoms with Crippen molar-refractivity contribution in [3.05, 3.63) is 47.5 Å². The molecule has 0 aliphatic carbocycles. The van der Waals surface area contributed by atoms with Crippen LogP contribution in [-0.4, -0.2) is 28.1 Å². The van der Waals surface area contributed by atoms with Crippen LogP contribution in [0.1, 0.15) is 30.6 Å². The molecule has 1 N–H and O–H groups in total. The van der Waals surface area contributed by atoms with Gasteiger partial charge in [-0.25, -0.2) is 0 Å². The molecule has 1 aliphatic heterocycles. The van der Waals surface area contributed by atoms with Gasteiger partial charge in [0.15, 0.2) is 0 Å². The Labute approximate surface area is 111 Å². The van der Waals surface area contributed by atoms with Crippen molar-refractivity contribution >= 4 is 17.5 Å². The molecule has 0 aromatic heterocycles. The lowest BCUT2D eigenvalue weighted by Crippen LogP contribution is -2.25. The number of nitrogens with zero attached hydrogens (tertiary/aromatic N) is 1. The van der Waals surface area contributed by atoms with Crippen LogP contribution in [0.5, 0.6) is 0 Å². The maximum Gasteiger partial charge on any atom is 0.306 e. The number of allylic oxidation sites excluding steroid dienone is 1. The molecule has 0 bridgehead atoms. The van der Waals surface area contributed by atoms with E-state index in [1.807, 2.05) is 6.07 Å². The summed E-state index contributed by atoms with van der Waals surface area (Å²) in [5, 5.41) is 8.92. The third-order valence-corrected chi connectivity index (χ3v) is 3.33. The van der Waals surface area contributed by atoms with E-state index in [0.717, 1.165) is 5.57 Å². The summed E-state index contributed by atoms with van der Waals surface area (Å²) < 4.78 is 0. The van der Waals surface area contributed by atoms with Gasteiger partial charge in [0.25, 0.3) is 0 Å². The van der Waals surface area contributed by atoms with Gasteiger partial charge in [-0.15, -0.1) is 0 Å². The van der Waals surface area contributed by atoms with E-state index in [9.17, 15) is 9.59 Å². The van der Waals surface area contributed by atoms with Gasteiger partial charge in [-0.1, -0.05) is 30.3 Å². The van der Waals surface area contributed by atoms with Gasteiger partial charge in [-0.05, 0) is 25.5 Å². The highest BCUT2D eigenvalue weighted by Crippen LogP contribution is 2.31. The molecular weight excluding hydrogens is 242 g/mol. The quantitative estimate of drug-likeness (QED) is 0.843. The Morgan fingerprint density at radius 3 is 2.47 bits per heavy atom. The van der Waals surface area contributed by atoms with Crippen molar-refractivity contribution in [3.63, 3.8) is 0 Å². The molecule has 0 saturated carbocycles. The number of hydrogen-bond donors (Lipinski definition) is 1. The Bertz CT molecular complexity index is 587. The number of rotatable bonds is 4. The van der Waals surface area contributed by atoms with Crippen LogP contribution >= 0.6 is 0 Å². The number of benzene rings is 1. The summed E-state index contributed by atoms with van der Waals surface area (Å²) >= 11 is 0. The zero-order valence-electron chi connectivity index (χ0n) is 10.9. The molecule has 0 spiro atoms. The van der Waals surface area contributed by atoms with E-state index in [1.165, 1.54) is 0 Å². The Hall–Kier alpha value is -2.23. The second kappa shape index (κ2) is 4.80. The fourth-order valence-electron chi connectivity index (χ4n) is 2.07. The largest absolute Gasteiger partial charge is 0.481 e. The average Bonchev–Trinajstić information content (AvgIpc) is 2.64. The van der Waals surface area contributed by atoms with Crippen molar-refractivity contribution in [2.45, 2.75) is 25.8 Å². The summed E-state index contributed by atoms with van der Waals surface area (Å²) in [5.41, 5.74) is 0.873. The number of carboxylic acids is 1. The second-order valence-corrected chi connectivity index (χ2v) is 4.86. The van der Waals surface area contributed by atoms with Crippen molar-refractivity contribution in [3.8, 4) is 0 Å². The molecule has 1 unspecified atom stereocenters. The Morgan fingerprint density at radius 1 is 1.26 bits per heavy atom. The number of carboxylic acid groups (broad SMARTS) is 1. The van der Waals surface area contributed by atoms with Crippen molar-refractivity contribution < 1.29 is 14.7 Å². The molecule has 2 rings (SSSR count). The van der Waals surface area contributed by atoms with E-state index in [4.69, 9.17) is 5.11 Å². The number of carbonyl (C=O) groups excluding carboxylic acids is 1. The number of Topliss-reactive ketones (excluding diaryl/α,β-unsaturated/α-hetero) is 1. The minimum absolute atomic E-state index is 0.110.